The summed E-state index contributed by atoms with van der Waals surface area (Å²) in [4.78, 5) is 0. The van der Waals surface area contributed by atoms with Gasteiger partial charge in [-0.1, -0.05) is 6.92 Å². The van der Waals surface area contributed by atoms with Crippen molar-refractivity contribution >= 4 is 0 Å². The highest BCUT2D eigenvalue weighted by Gasteiger charge is 2.05. The highest BCUT2D eigenvalue weighted by molar-refractivity contribution is 4.54. The summed E-state index contributed by atoms with van der Waals surface area (Å²) < 4.78 is 10.3. The van der Waals surface area contributed by atoms with Crippen molar-refractivity contribution in [3.05, 3.63) is 0 Å². The van der Waals surface area contributed by atoms with Crippen molar-refractivity contribution in [2.75, 3.05) is 26.9 Å². The molecule has 0 rings (SSSR count). The first-order valence-corrected chi connectivity index (χ1v) is 4.06. The summed E-state index contributed by atoms with van der Waals surface area (Å²) in [5, 5.41) is 8.59. The molecule has 1 atom stereocenters. The summed E-state index contributed by atoms with van der Waals surface area (Å²) in [6.07, 6.45) is 1.72. The van der Waals surface area contributed by atoms with Gasteiger partial charge in [0.2, 0.25) is 0 Å². The van der Waals surface area contributed by atoms with Gasteiger partial charge in [-0.2, -0.15) is 0 Å². The average molecular weight is 162 g/mol. The largest absolute Gasteiger partial charge is 0.396 e. The van der Waals surface area contributed by atoms with Crippen molar-refractivity contribution in [2.45, 2.75) is 25.9 Å². The topological polar surface area (TPSA) is 38.7 Å². The lowest BCUT2D eigenvalue weighted by Crippen LogP contribution is -2.19. The number of aliphatic hydroxyl groups excluding tert-OH is 1. The summed E-state index contributed by atoms with van der Waals surface area (Å²) in [5.41, 5.74) is 0. The van der Waals surface area contributed by atoms with Crippen LogP contribution in [0.3, 0.4) is 0 Å². The van der Waals surface area contributed by atoms with Gasteiger partial charge < -0.3 is 14.6 Å². The molecule has 3 nitrogen and oxygen atoms in total. The predicted octanol–water partition coefficient (Wildman–Crippen LogP) is 0.810. The number of hydrogen-bond donors (Lipinski definition) is 1. The molecule has 0 radical (unpaired) electrons. The monoisotopic (exact) mass is 162 g/mol. The fraction of sp³-hybridized carbons (Fsp3) is 1.00. The smallest absolute Gasteiger partial charge is 0.0826 e. The number of methoxy groups -OCH3 is 1. The Morgan fingerprint density at radius 3 is 2.64 bits per heavy atom. The van der Waals surface area contributed by atoms with Crippen molar-refractivity contribution in [1.29, 1.82) is 0 Å². The molecule has 0 amide bonds. The Morgan fingerprint density at radius 2 is 2.18 bits per heavy atom. The third-order valence-electron chi connectivity index (χ3n) is 1.44. The molecular weight excluding hydrogens is 144 g/mol. The predicted molar refractivity (Wildman–Crippen MR) is 43.6 cm³/mol. The number of rotatable bonds is 7. The van der Waals surface area contributed by atoms with Crippen LogP contribution in [0.4, 0.5) is 0 Å². The van der Waals surface area contributed by atoms with Crippen molar-refractivity contribution < 1.29 is 14.6 Å². The molecule has 1 N–H and O–H groups in total. The van der Waals surface area contributed by atoms with Crippen LogP contribution in [-0.4, -0.2) is 38.1 Å². The highest BCUT2D eigenvalue weighted by Crippen LogP contribution is 1.97. The van der Waals surface area contributed by atoms with E-state index in [0.717, 1.165) is 13.0 Å². The van der Waals surface area contributed by atoms with E-state index in [-0.39, 0.29) is 12.7 Å². The van der Waals surface area contributed by atoms with E-state index >= 15 is 0 Å². The Morgan fingerprint density at radius 1 is 1.45 bits per heavy atom. The number of hydrogen-bond acceptors (Lipinski definition) is 3. The maximum Gasteiger partial charge on any atom is 0.0826 e. The molecule has 0 aromatic carbocycles. The summed E-state index contributed by atoms with van der Waals surface area (Å²) in [5.74, 6) is 0. The zero-order valence-electron chi connectivity index (χ0n) is 7.38. The summed E-state index contributed by atoms with van der Waals surface area (Å²) >= 11 is 0. The Labute approximate surface area is 68.3 Å². The van der Waals surface area contributed by atoms with Gasteiger partial charge >= 0.3 is 0 Å². The van der Waals surface area contributed by atoms with Crippen molar-refractivity contribution in [1.82, 2.24) is 0 Å². The molecule has 0 saturated carbocycles. The minimum Gasteiger partial charge on any atom is -0.396 e. The van der Waals surface area contributed by atoms with Crippen LogP contribution in [0.2, 0.25) is 0 Å². The zero-order chi connectivity index (χ0) is 8.53. The van der Waals surface area contributed by atoms with Crippen molar-refractivity contribution in [3.63, 3.8) is 0 Å². The lowest BCUT2D eigenvalue weighted by Gasteiger charge is -2.13. The molecular formula is C8H18O3. The molecule has 3 heteroatoms. The maximum atomic E-state index is 8.59. The van der Waals surface area contributed by atoms with Gasteiger partial charge in [0.15, 0.2) is 0 Å². The fourth-order valence-electron chi connectivity index (χ4n) is 0.772. The third kappa shape index (κ3) is 6.28. The third-order valence-corrected chi connectivity index (χ3v) is 1.44. The van der Waals surface area contributed by atoms with Crippen molar-refractivity contribution in [2.24, 2.45) is 0 Å². The zero-order valence-corrected chi connectivity index (χ0v) is 7.38. The van der Waals surface area contributed by atoms with Gasteiger partial charge in [0.25, 0.3) is 0 Å². The first-order chi connectivity index (χ1) is 5.35. The second-order valence-corrected chi connectivity index (χ2v) is 2.44. The molecule has 0 aliphatic carbocycles. The van der Waals surface area contributed by atoms with Gasteiger partial charge in [0, 0.05) is 20.3 Å². The van der Waals surface area contributed by atoms with Gasteiger partial charge in [0.05, 0.1) is 12.7 Å². The minimum absolute atomic E-state index is 0.0477. The first-order valence-electron chi connectivity index (χ1n) is 4.06. The fourth-order valence-corrected chi connectivity index (χ4v) is 0.772. The van der Waals surface area contributed by atoms with Crippen LogP contribution >= 0.6 is 0 Å². The van der Waals surface area contributed by atoms with E-state index in [1.165, 1.54) is 0 Å². The SMILES string of the molecule is CCCOCC(CCO)OC. The van der Waals surface area contributed by atoms with E-state index in [2.05, 4.69) is 6.92 Å². The van der Waals surface area contributed by atoms with E-state index in [4.69, 9.17) is 14.6 Å². The Kier molecular flexibility index (Phi) is 7.89. The van der Waals surface area contributed by atoms with Gasteiger partial charge in [-0.15, -0.1) is 0 Å². The van der Waals surface area contributed by atoms with Crippen LogP contribution in [0.1, 0.15) is 19.8 Å². The molecule has 0 aliphatic rings. The molecule has 68 valence electrons. The molecule has 1 unspecified atom stereocenters. The number of ether oxygens (including phenoxy) is 2. The van der Waals surface area contributed by atoms with Crippen molar-refractivity contribution in [3.8, 4) is 0 Å². The highest BCUT2D eigenvalue weighted by atomic mass is 16.5. The van der Waals surface area contributed by atoms with E-state index in [1.54, 1.807) is 7.11 Å². The standard InChI is InChI=1S/C8H18O3/c1-3-6-11-7-8(10-2)4-5-9/h8-9H,3-7H2,1-2H3. The first kappa shape index (κ1) is 10.9. The lowest BCUT2D eigenvalue weighted by molar-refractivity contribution is -0.00293. The summed E-state index contributed by atoms with van der Waals surface area (Å²) in [6.45, 7) is 3.58. The second kappa shape index (κ2) is 7.98. The molecule has 0 fully saturated rings. The van der Waals surface area contributed by atoms with Crippen LogP contribution in [0.15, 0.2) is 0 Å². The Bertz CT molecular complexity index is 75.7. The Balaban J connectivity index is 3.20. The van der Waals surface area contributed by atoms with Crippen LogP contribution in [0.5, 0.6) is 0 Å². The van der Waals surface area contributed by atoms with E-state index in [1.807, 2.05) is 0 Å². The molecule has 0 aromatic heterocycles. The van der Waals surface area contributed by atoms with Gasteiger partial charge in [-0.05, 0) is 12.8 Å². The molecule has 0 saturated heterocycles. The molecule has 0 heterocycles. The lowest BCUT2D eigenvalue weighted by atomic mass is 10.3. The molecule has 0 bridgehead atoms. The van der Waals surface area contributed by atoms with Crippen LogP contribution in [0, 0.1) is 0 Å². The van der Waals surface area contributed by atoms with E-state index in [9.17, 15) is 0 Å². The Hall–Kier alpha value is -0.120. The van der Waals surface area contributed by atoms with Gasteiger partial charge in [0.1, 0.15) is 0 Å². The van der Waals surface area contributed by atoms with Gasteiger partial charge in [-0.25, -0.2) is 0 Å². The van der Waals surface area contributed by atoms with Crippen LogP contribution in [0.25, 0.3) is 0 Å². The van der Waals surface area contributed by atoms with Crippen LogP contribution in [-0.2, 0) is 9.47 Å². The summed E-state index contributed by atoms with van der Waals surface area (Å²) in [6, 6.07) is 0. The average Bonchev–Trinajstić information content (AvgIpc) is 2.03. The molecule has 0 aliphatic heterocycles. The normalized spacial score (nSPS) is 13.4. The molecule has 0 spiro atoms. The van der Waals surface area contributed by atoms with Gasteiger partial charge in [-0.3, -0.25) is 0 Å². The maximum absolute atomic E-state index is 8.59. The minimum atomic E-state index is 0.0477. The van der Waals surface area contributed by atoms with E-state index < -0.39 is 0 Å². The second-order valence-electron chi connectivity index (χ2n) is 2.44. The molecule has 0 aromatic rings. The van der Waals surface area contributed by atoms with Crippen LogP contribution < -0.4 is 0 Å². The molecule has 11 heavy (non-hydrogen) atoms. The quantitative estimate of drug-likeness (QED) is 0.563. The number of aliphatic hydroxyl groups is 1. The summed E-state index contributed by atoms with van der Waals surface area (Å²) in [7, 11) is 1.63. The van der Waals surface area contributed by atoms with E-state index in [0.29, 0.717) is 13.0 Å².